The smallest absolute Gasteiger partial charge is 0.310 e. The summed E-state index contributed by atoms with van der Waals surface area (Å²) in [6.45, 7) is 5.95. The van der Waals surface area contributed by atoms with Crippen molar-refractivity contribution in [1.29, 1.82) is 0 Å². The van der Waals surface area contributed by atoms with E-state index in [1.54, 1.807) is 12.1 Å². The molecule has 0 radical (unpaired) electrons. The van der Waals surface area contributed by atoms with Crippen LogP contribution < -0.4 is 4.43 Å². The molecule has 15 heavy (non-hydrogen) atoms. The van der Waals surface area contributed by atoms with Gasteiger partial charge in [-0.2, -0.15) is 0 Å². The summed E-state index contributed by atoms with van der Waals surface area (Å²) in [6, 6.07) is 4.81. The van der Waals surface area contributed by atoms with E-state index in [0.29, 0.717) is 10.2 Å². The van der Waals surface area contributed by atoms with Gasteiger partial charge in [-0.1, -0.05) is 6.07 Å². The number of nitro groups is 1. The van der Waals surface area contributed by atoms with Crippen LogP contribution in [0.3, 0.4) is 0 Å². The van der Waals surface area contributed by atoms with E-state index < -0.39 is 13.2 Å². The van der Waals surface area contributed by atoms with Gasteiger partial charge < -0.3 is 4.43 Å². The molecule has 0 saturated carbocycles. The van der Waals surface area contributed by atoms with Gasteiger partial charge in [0.15, 0.2) is 5.75 Å². The van der Waals surface area contributed by atoms with Crippen molar-refractivity contribution in [1.82, 2.24) is 0 Å². The zero-order valence-corrected chi connectivity index (χ0v) is 11.4. The van der Waals surface area contributed by atoms with Gasteiger partial charge in [0.05, 0.1) is 9.40 Å². The Morgan fingerprint density at radius 1 is 1.40 bits per heavy atom. The van der Waals surface area contributed by atoms with Crippen LogP contribution in [0, 0.1) is 10.1 Å². The van der Waals surface area contributed by atoms with E-state index in [9.17, 15) is 10.1 Å². The molecule has 4 nitrogen and oxygen atoms in total. The highest BCUT2D eigenvalue weighted by atomic mass is 79.9. The molecule has 0 bridgehead atoms. The van der Waals surface area contributed by atoms with Crippen molar-refractivity contribution >= 4 is 29.9 Å². The Hall–Kier alpha value is -0.883. The number of benzene rings is 1. The van der Waals surface area contributed by atoms with E-state index in [4.69, 9.17) is 4.43 Å². The van der Waals surface area contributed by atoms with Crippen molar-refractivity contribution in [2.45, 2.75) is 19.6 Å². The number of halogens is 1. The second kappa shape index (κ2) is 4.32. The third kappa shape index (κ3) is 3.31. The van der Waals surface area contributed by atoms with Gasteiger partial charge >= 0.3 is 5.69 Å². The van der Waals surface area contributed by atoms with Gasteiger partial charge in [-0.3, -0.25) is 10.1 Å². The minimum Gasteiger partial charge on any atom is -0.539 e. The average molecular weight is 290 g/mol. The lowest BCUT2D eigenvalue weighted by Gasteiger charge is -2.19. The van der Waals surface area contributed by atoms with Crippen LogP contribution in [0.5, 0.6) is 5.75 Å². The second-order valence-corrected chi connectivity index (χ2v) is 9.34. The van der Waals surface area contributed by atoms with Crippen LogP contribution in [0.4, 0.5) is 5.69 Å². The maximum Gasteiger partial charge on any atom is 0.310 e. The van der Waals surface area contributed by atoms with E-state index in [1.807, 2.05) is 19.6 Å². The zero-order valence-electron chi connectivity index (χ0n) is 8.78. The van der Waals surface area contributed by atoms with Gasteiger partial charge in [0.25, 0.3) is 0 Å². The summed E-state index contributed by atoms with van der Waals surface area (Å²) in [4.78, 5) is 10.3. The highest BCUT2D eigenvalue weighted by Crippen LogP contribution is 2.36. The topological polar surface area (TPSA) is 52.4 Å². The lowest BCUT2D eigenvalue weighted by molar-refractivity contribution is -0.385. The maximum atomic E-state index is 10.8. The van der Waals surface area contributed by atoms with Crippen LogP contribution in [0.2, 0.25) is 19.6 Å². The van der Waals surface area contributed by atoms with Crippen LogP contribution in [0.1, 0.15) is 0 Å². The van der Waals surface area contributed by atoms with Gasteiger partial charge in [0.1, 0.15) is 0 Å². The molecular weight excluding hydrogens is 278 g/mol. The standard InChI is InChI=1S/C9H12BrNO3Si/c1-15(2,3)14-9-7(10)5-4-6-8(9)11(12)13/h4-6H,1-3H3. The van der Waals surface area contributed by atoms with Gasteiger partial charge in [-0.15, -0.1) is 0 Å². The van der Waals surface area contributed by atoms with Crippen molar-refractivity contribution in [3.8, 4) is 5.75 Å². The Balaban J connectivity index is 3.19. The molecule has 82 valence electrons. The Morgan fingerprint density at radius 3 is 2.47 bits per heavy atom. The number of nitro benzene ring substituents is 1. The molecule has 1 rings (SSSR count). The largest absolute Gasteiger partial charge is 0.539 e. The molecule has 0 unspecified atom stereocenters. The first-order chi connectivity index (χ1) is 6.81. The van der Waals surface area contributed by atoms with Gasteiger partial charge in [-0.25, -0.2) is 0 Å². The molecule has 0 spiro atoms. The lowest BCUT2D eigenvalue weighted by atomic mass is 10.3. The molecule has 0 atom stereocenters. The third-order valence-corrected chi connectivity index (χ3v) is 2.99. The van der Waals surface area contributed by atoms with Crippen molar-refractivity contribution in [3.05, 3.63) is 32.8 Å². The van der Waals surface area contributed by atoms with Crippen molar-refractivity contribution < 1.29 is 9.35 Å². The summed E-state index contributed by atoms with van der Waals surface area (Å²) in [7, 11) is -1.84. The summed E-state index contributed by atoms with van der Waals surface area (Å²) < 4.78 is 6.30. The highest BCUT2D eigenvalue weighted by molar-refractivity contribution is 9.10. The molecule has 0 aromatic heterocycles. The number of rotatable bonds is 3. The number of nitrogens with zero attached hydrogens (tertiary/aromatic N) is 1. The fourth-order valence-electron chi connectivity index (χ4n) is 1.05. The predicted molar refractivity (Wildman–Crippen MR) is 64.8 cm³/mol. The highest BCUT2D eigenvalue weighted by Gasteiger charge is 2.24. The van der Waals surface area contributed by atoms with E-state index in [0.717, 1.165) is 0 Å². The van der Waals surface area contributed by atoms with Crippen molar-refractivity contribution in [2.75, 3.05) is 0 Å². The molecule has 1 aromatic carbocycles. The molecule has 0 aliphatic carbocycles. The van der Waals surface area contributed by atoms with E-state index >= 15 is 0 Å². The summed E-state index contributed by atoms with van der Waals surface area (Å²) >= 11 is 3.26. The van der Waals surface area contributed by atoms with Gasteiger partial charge in [-0.05, 0) is 41.6 Å². The number of hydrogen-bond donors (Lipinski definition) is 0. The minimum absolute atomic E-state index is 0.00630. The average Bonchev–Trinajstić information content (AvgIpc) is 2.05. The van der Waals surface area contributed by atoms with E-state index in [-0.39, 0.29) is 5.69 Å². The molecule has 0 aliphatic rings. The normalized spacial score (nSPS) is 11.2. The van der Waals surface area contributed by atoms with Gasteiger partial charge in [0.2, 0.25) is 8.32 Å². The molecule has 0 heterocycles. The van der Waals surface area contributed by atoms with Crippen molar-refractivity contribution in [3.63, 3.8) is 0 Å². The first kappa shape index (κ1) is 12.2. The molecule has 1 aromatic rings. The quantitative estimate of drug-likeness (QED) is 0.486. The van der Waals surface area contributed by atoms with Crippen molar-refractivity contribution in [2.24, 2.45) is 0 Å². The summed E-state index contributed by atoms with van der Waals surface area (Å²) in [5.74, 6) is 0.335. The molecule has 0 N–H and O–H groups in total. The van der Waals surface area contributed by atoms with Gasteiger partial charge in [0, 0.05) is 6.07 Å². The van der Waals surface area contributed by atoms with E-state index in [1.165, 1.54) is 6.07 Å². The monoisotopic (exact) mass is 289 g/mol. The first-order valence-corrected chi connectivity index (χ1v) is 8.63. The number of para-hydroxylation sites is 1. The number of hydrogen-bond acceptors (Lipinski definition) is 3. The zero-order chi connectivity index (χ0) is 11.6. The SMILES string of the molecule is C[Si](C)(C)Oc1c(Br)cccc1[N+](=O)[O-]. The molecule has 0 aliphatic heterocycles. The first-order valence-electron chi connectivity index (χ1n) is 4.43. The Kier molecular flexibility index (Phi) is 3.51. The Morgan fingerprint density at radius 2 is 2.00 bits per heavy atom. The lowest BCUT2D eigenvalue weighted by Crippen LogP contribution is -2.29. The third-order valence-electron chi connectivity index (χ3n) is 1.55. The van der Waals surface area contributed by atoms with Crippen LogP contribution >= 0.6 is 15.9 Å². The van der Waals surface area contributed by atoms with Crippen LogP contribution in [-0.2, 0) is 0 Å². The van der Waals surface area contributed by atoms with Crippen LogP contribution in [0.25, 0.3) is 0 Å². The molecule has 0 saturated heterocycles. The fourth-order valence-corrected chi connectivity index (χ4v) is 2.46. The predicted octanol–water partition coefficient (Wildman–Crippen LogP) is 3.57. The molecule has 0 amide bonds. The molecule has 6 heteroatoms. The minimum atomic E-state index is -1.84. The van der Waals surface area contributed by atoms with Crippen LogP contribution in [-0.4, -0.2) is 13.2 Å². The summed E-state index contributed by atoms with van der Waals surface area (Å²) in [5.41, 5.74) is 0.00630. The molecule has 0 fully saturated rings. The Labute approximate surface area is 97.7 Å². The molecular formula is C9H12BrNO3Si. The maximum absolute atomic E-state index is 10.8. The summed E-state index contributed by atoms with van der Waals surface area (Å²) in [6.07, 6.45) is 0. The Bertz CT molecular complexity index is 389. The van der Waals surface area contributed by atoms with Crippen LogP contribution in [0.15, 0.2) is 22.7 Å². The second-order valence-electron chi connectivity index (χ2n) is 4.06. The fraction of sp³-hybridized carbons (Fsp3) is 0.333. The van der Waals surface area contributed by atoms with E-state index in [2.05, 4.69) is 15.9 Å². The summed E-state index contributed by atoms with van der Waals surface area (Å²) in [5, 5.41) is 10.8.